The predicted molar refractivity (Wildman–Crippen MR) is 83.1 cm³/mol. The maximum Gasteiger partial charge on any atom is 0.137 e. The number of fused-ring (bicyclic) bond motifs is 1. The minimum Gasteiger partial charge on any atom is -0.306 e. The zero-order valence-electron chi connectivity index (χ0n) is 11.2. The van der Waals surface area contributed by atoms with E-state index in [1.807, 2.05) is 6.07 Å². The molecule has 1 N–H and O–H groups in total. The topological polar surface area (TPSA) is 12.0 Å². The van der Waals surface area contributed by atoms with E-state index in [1.54, 1.807) is 12.1 Å². The molecule has 0 saturated carbocycles. The lowest BCUT2D eigenvalue weighted by atomic mass is 9.87. The molecule has 0 saturated heterocycles. The Balaban J connectivity index is 1.71. The van der Waals surface area contributed by atoms with Gasteiger partial charge in [0.25, 0.3) is 0 Å². The van der Waals surface area contributed by atoms with E-state index in [-0.39, 0.29) is 5.82 Å². The van der Waals surface area contributed by atoms with Crippen molar-refractivity contribution in [1.29, 1.82) is 0 Å². The molecule has 0 bridgehead atoms. The molecule has 1 nitrogen and oxygen atoms in total. The number of benzene rings is 2. The van der Waals surface area contributed by atoms with Gasteiger partial charge in [0.05, 0.1) is 4.47 Å². The van der Waals surface area contributed by atoms with Gasteiger partial charge in [-0.1, -0.05) is 30.3 Å². The molecule has 0 aliphatic heterocycles. The highest BCUT2D eigenvalue weighted by molar-refractivity contribution is 9.10. The molecular weight excluding hydrogens is 317 g/mol. The van der Waals surface area contributed by atoms with E-state index >= 15 is 0 Å². The van der Waals surface area contributed by atoms with Crippen LogP contribution in [-0.4, -0.2) is 0 Å². The average Bonchev–Trinajstić information content (AvgIpc) is 2.48. The van der Waals surface area contributed by atoms with Crippen LogP contribution in [0.1, 0.15) is 35.6 Å². The van der Waals surface area contributed by atoms with Crippen molar-refractivity contribution in [2.75, 3.05) is 0 Å². The van der Waals surface area contributed by atoms with Crippen LogP contribution < -0.4 is 5.32 Å². The summed E-state index contributed by atoms with van der Waals surface area (Å²) < 4.78 is 14.0. The van der Waals surface area contributed by atoms with Crippen LogP contribution in [-0.2, 0) is 13.0 Å². The lowest BCUT2D eigenvalue weighted by Gasteiger charge is -2.26. The third-order valence-electron chi connectivity index (χ3n) is 3.91. The van der Waals surface area contributed by atoms with E-state index in [0.717, 1.165) is 12.0 Å². The van der Waals surface area contributed by atoms with Gasteiger partial charge in [0.1, 0.15) is 5.82 Å². The SMILES string of the molecule is Fc1cc(CNC2CCCc3ccccc32)ccc1Br. The number of nitrogens with one attached hydrogen (secondary N) is 1. The monoisotopic (exact) mass is 333 g/mol. The summed E-state index contributed by atoms with van der Waals surface area (Å²) in [4.78, 5) is 0. The van der Waals surface area contributed by atoms with E-state index < -0.39 is 0 Å². The van der Waals surface area contributed by atoms with Crippen LogP contribution in [0.3, 0.4) is 0 Å². The van der Waals surface area contributed by atoms with Gasteiger partial charge in [-0.05, 0) is 64.0 Å². The van der Waals surface area contributed by atoms with Crippen molar-refractivity contribution in [3.8, 4) is 0 Å². The van der Waals surface area contributed by atoms with Crippen LogP contribution >= 0.6 is 15.9 Å². The first-order chi connectivity index (χ1) is 9.74. The Hall–Kier alpha value is -1.19. The molecule has 0 heterocycles. The summed E-state index contributed by atoms with van der Waals surface area (Å²) in [6, 6.07) is 14.3. The van der Waals surface area contributed by atoms with E-state index in [9.17, 15) is 4.39 Å². The molecule has 0 amide bonds. The molecule has 0 radical (unpaired) electrons. The van der Waals surface area contributed by atoms with Crippen molar-refractivity contribution >= 4 is 15.9 Å². The molecule has 104 valence electrons. The quantitative estimate of drug-likeness (QED) is 0.854. The summed E-state index contributed by atoms with van der Waals surface area (Å²) >= 11 is 3.18. The molecule has 1 atom stereocenters. The second-order valence-electron chi connectivity index (χ2n) is 5.27. The van der Waals surface area contributed by atoms with Gasteiger partial charge in [-0.3, -0.25) is 0 Å². The van der Waals surface area contributed by atoms with Crippen molar-refractivity contribution in [3.05, 3.63) is 69.4 Å². The van der Waals surface area contributed by atoms with Gasteiger partial charge in [-0.25, -0.2) is 4.39 Å². The van der Waals surface area contributed by atoms with Crippen molar-refractivity contribution < 1.29 is 4.39 Å². The number of rotatable bonds is 3. The van der Waals surface area contributed by atoms with Crippen molar-refractivity contribution in [2.45, 2.75) is 31.8 Å². The molecule has 0 fully saturated rings. The summed E-state index contributed by atoms with van der Waals surface area (Å²) in [5, 5.41) is 3.56. The zero-order valence-corrected chi connectivity index (χ0v) is 12.8. The molecule has 0 aromatic heterocycles. The lowest BCUT2D eigenvalue weighted by molar-refractivity contribution is 0.458. The van der Waals surface area contributed by atoms with E-state index in [2.05, 4.69) is 45.5 Å². The maximum atomic E-state index is 13.5. The van der Waals surface area contributed by atoms with Crippen LogP contribution in [0.2, 0.25) is 0 Å². The Kier molecular flexibility index (Phi) is 4.18. The van der Waals surface area contributed by atoms with Gasteiger partial charge < -0.3 is 5.32 Å². The van der Waals surface area contributed by atoms with Gasteiger partial charge in [-0.15, -0.1) is 0 Å². The first-order valence-corrected chi connectivity index (χ1v) is 7.78. The van der Waals surface area contributed by atoms with E-state index in [1.165, 1.54) is 24.0 Å². The minimum absolute atomic E-state index is 0.201. The molecular formula is C17H17BrFN. The summed E-state index contributed by atoms with van der Waals surface area (Å²) in [5.74, 6) is -0.201. The molecule has 1 aliphatic rings. The third kappa shape index (κ3) is 2.94. The fourth-order valence-corrected chi connectivity index (χ4v) is 3.10. The Labute approximate surface area is 127 Å². The molecule has 3 rings (SSSR count). The molecule has 1 aliphatic carbocycles. The van der Waals surface area contributed by atoms with E-state index in [4.69, 9.17) is 0 Å². The second-order valence-corrected chi connectivity index (χ2v) is 6.13. The standard InChI is InChI=1S/C17H17BrFN/c18-15-9-8-12(10-16(15)19)11-20-17-7-3-5-13-4-1-2-6-14(13)17/h1-2,4,6,8-10,17,20H,3,5,7,11H2. The largest absolute Gasteiger partial charge is 0.306 e. The molecule has 0 spiro atoms. The van der Waals surface area contributed by atoms with E-state index in [0.29, 0.717) is 17.1 Å². The van der Waals surface area contributed by atoms with Crippen LogP contribution in [0.15, 0.2) is 46.9 Å². The van der Waals surface area contributed by atoms with Crippen LogP contribution in [0, 0.1) is 5.82 Å². The highest BCUT2D eigenvalue weighted by Crippen LogP contribution is 2.29. The number of halogens is 2. The maximum absolute atomic E-state index is 13.5. The van der Waals surface area contributed by atoms with Crippen LogP contribution in [0.5, 0.6) is 0 Å². The van der Waals surface area contributed by atoms with Crippen molar-refractivity contribution in [2.24, 2.45) is 0 Å². The van der Waals surface area contributed by atoms with Gasteiger partial charge in [0.2, 0.25) is 0 Å². The number of hydrogen-bond acceptors (Lipinski definition) is 1. The highest BCUT2D eigenvalue weighted by atomic mass is 79.9. The predicted octanol–water partition coefficient (Wildman–Crippen LogP) is 4.76. The fraction of sp³-hybridized carbons (Fsp3) is 0.294. The molecule has 1 unspecified atom stereocenters. The normalized spacial score (nSPS) is 17.8. The molecule has 2 aromatic carbocycles. The summed E-state index contributed by atoms with van der Waals surface area (Å²) in [6.45, 7) is 0.698. The van der Waals surface area contributed by atoms with Crippen LogP contribution in [0.25, 0.3) is 0 Å². The Morgan fingerprint density at radius 3 is 2.90 bits per heavy atom. The minimum atomic E-state index is -0.201. The van der Waals surface area contributed by atoms with Gasteiger partial charge >= 0.3 is 0 Å². The number of hydrogen-bond donors (Lipinski definition) is 1. The number of aryl methyl sites for hydroxylation is 1. The highest BCUT2D eigenvalue weighted by Gasteiger charge is 2.18. The Bertz CT molecular complexity index is 612. The van der Waals surface area contributed by atoms with Gasteiger partial charge in [0.15, 0.2) is 0 Å². The summed E-state index contributed by atoms with van der Waals surface area (Å²) in [7, 11) is 0. The lowest BCUT2D eigenvalue weighted by Crippen LogP contribution is -2.24. The van der Waals surface area contributed by atoms with Crippen molar-refractivity contribution in [3.63, 3.8) is 0 Å². The first kappa shape index (κ1) is 13.8. The molecule has 3 heteroatoms. The second kappa shape index (κ2) is 6.06. The molecule has 2 aromatic rings. The first-order valence-electron chi connectivity index (χ1n) is 6.99. The smallest absolute Gasteiger partial charge is 0.137 e. The Morgan fingerprint density at radius 2 is 2.05 bits per heavy atom. The fourth-order valence-electron chi connectivity index (χ4n) is 2.86. The average molecular weight is 334 g/mol. The summed E-state index contributed by atoms with van der Waals surface area (Å²) in [6.07, 6.45) is 3.53. The zero-order chi connectivity index (χ0) is 13.9. The summed E-state index contributed by atoms with van der Waals surface area (Å²) in [5.41, 5.74) is 3.82. The van der Waals surface area contributed by atoms with Crippen LogP contribution in [0.4, 0.5) is 4.39 Å². The van der Waals surface area contributed by atoms with Crippen molar-refractivity contribution in [1.82, 2.24) is 5.32 Å². The van der Waals surface area contributed by atoms with Gasteiger partial charge in [-0.2, -0.15) is 0 Å². The molecule has 20 heavy (non-hydrogen) atoms. The van der Waals surface area contributed by atoms with Gasteiger partial charge in [0, 0.05) is 12.6 Å². The Morgan fingerprint density at radius 1 is 1.20 bits per heavy atom. The third-order valence-corrected chi connectivity index (χ3v) is 4.55.